The Kier molecular flexibility index (Phi) is 3.33. The van der Waals surface area contributed by atoms with Crippen molar-refractivity contribution in [3.8, 4) is 5.75 Å². The van der Waals surface area contributed by atoms with Crippen molar-refractivity contribution in [1.82, 2.24) is 0 Å². The maximum atomic E-state index is 10.0. The molecule has 16 heavy (non-hydrogen) atoms. The smallest absolute Gasteiger partial charge is 0.119 e. The van der Waals surface area contributed by atoms with Gasteiger partial charge in [0.05, 0.1) is 0 Å². The van der Waals surface area contributed by atoms with Crippen LogP contribution in [0.2, 0.25) is 0 Å². The lowest BCUT2D eigenvalue weighted by atomic mass is 9.67. The summed E-state index contributed by atoms with van der Waals surface area (Å²) in [6.07, 6.45) is 9.19. The third-order valence-electron chi connectivity index (χ3n) is 3.82. The van der Waals surface area contributed by atoms with Gasteiger partial charge in [0.25, 0.3) is 0 Å². The first-order valence-corrected chi connectivity index (χ1v) is 6.18. The van der Waals surface area contributed by atoms with Gasteiger partial charge in [-0.3, -0.25) is 0 Å². The van der Waals surface area contributed by atoms with Gasteiger partial charge in [0.2, 0.25) is 0 Å². The highest BCUT2D eigenvalue weighted by molar-refractivity contribution is 5.39. The lowest BCUT2D eigenvalue weighted by Crippen LogP contribution is -2.28. The van der Waals surface area contributed by atoms with Crippen LogP contribution in [0, 0.1) is 0 Å². The molecule has 0 bridgehead atoms. The summed E-state index contributed by atoms with van der Waals surface area (Å²) in [7, 11) is 0. The predicted octanol–water partition coefficient (Wildman–Crippen LogP) is 4.17. The normalized spacial score (nSPS) is 19.2. The second-order valence-corrected chi connectivity index (χ2v) is 4.85. The van der Waals surface area contributed by atoms with Crippen LogP contribution in [-0.4, -0.2) is 5.11 Å². The molecule has 0 aromatic heterocycles. The van der Waals surface area contributed by atoms with Gasteiger partial charge in [-0.25, -0.2) is 0 Å². The summed E-state index contributed by atoms with van der Waals surface area (Å²) in [6, 6.07) is 7.79. The molecule has 1 aromatic carbocycles. The van der Waals surface area contributed by atoms with Crippen molar-refractivity contribution in [3.05, 3.63) is 42.5 Å². The Labute approximate surface area is 97.8 Å². The number of allylic oxidation sites excluding steroid dienone is 1. The number of hydrogen-bond donors (Lipinski definition) is 1. The SMILES string of the molecule is C=CCC1(c2ccccc2O)CCCCC1. The lowest BCUT2D eigenvalue weighted by Gasteiger charge is -2.37. The number of aromatic hydroxyl groups is 1. The minimum absolute atomic E-state index is 0.144. The molecule has 0 radical (unpaired) electrons. The van der Waals surface area contributed by atoms with E-state index in [1.807, 2.05) is 18.2 Å². The first-order valence-electron chi connectivity index (χ1n) is 6.18. The molecule has 0 saturated heterocycles. The maximum Gasteiger partial charge on any atom is 0.119 e. The molecule has 0 unspecified atom stereocenters. The second kappa shape index (κ2) is 4.73. The van der Waals surface area contributed by atoms with Crippen LogP contribution in [0.15, 0.2) is 36.9 Å². The van der Waals surface area contributed by atoms with Gasteiger partial charge in [-0.05, 0) is 25.3 Å². The third-order valence-corrected chi connectivity index (χ3v) is 3.82. The molecular weight excluding hydrogens is 196 g/mol. The minimum atomic E-state index is 0.144. The highest BCUT2D eigenvalue weighted by Gasteiger charge is 2.34. The molecule has 1 N–H and O–H groups in total. The van der Waals surface area contributed by atoms with E-state index in [0.717, 1.165) is 12.0 Å². The summed E-state index contributed by atoms with van der Waals surface area (Å²) < 4.78 is 0. The molecule has 1 saturated carbocycles. The largest absolute Gasteiger partial charge is 0.508 e. The van der Waals surface area contributed by atoms with E-state index >= 15 is 0 Å². The molecule has 0 spiro atoms. The number of rotatable bonds is 3. The summed E-state index contributed by atoms with van der Waals surface area (Å²) in [5.74, 6) is 0.450. The van der Waals surface area contributed by atoms with Crippen molar-refractivity contribution in [2.24, 2.45) is 0 Å². The molecule has 1 aliphatic carbocycles. The van der Waals surface area contributed by atoms with Gasteiger partial charge < -0.3 is 5.11 Å². The summed E-state index contributed by atoms with van der Waals surface area (Å²) >= 11 is 0. The molecule has 1 fully saturated rings. The minimum Gasteiger partial charge on any atom is -0.508 e. The second-order valence-electron chi connectivity index (χ2n) is 4.85. The van der Waals surface area contributed by atoms with Crippen molar-refractivity contribution < 1.29 is 5.11 Å². The molecule has 2 rings (SSSR count). The van der Waals surface area contributed by atoms with Crippen molar-refractivity contribution in [2.75, 3.05) is 0 Å². The van der Waals surface area contributed by atoms with E-state index < -0.39 is 0 Å². The summed E-state index contributed by atoms with van der Waals surface area (Å²) in [5, 5.41) is 10.0. The fraction of sp³-hybridized carbons (Fsp3) is 0.467. The van der Waals surface area contributed by atoms with E-state index in [-0.39, 0.29) is 5.41 Å². The van der Waals surface area contributed by atoms with Crippen LogP contribution in [0.1, 0.15) is 44.1 Å². The first kappa shape index (κ1) is 11.3. The number of phenols is 1. The van der Waals surface area contributed by atoms with Crippen LogP contribution < -0.4 is 0 Å². The highest BCUT2D eigenvalue weighted by atomic mass is 16.3. The molecule has 1 heteroatoms. The number of benzene rings is 1. The zero-order chi connectivity index (χ0) is 11.4. The molecule has 1 aliphatic rings. The fourth-order valence-electron chi connectivity index (χ4n) is 3.01. The molecule has 1 aromatic rings. The van der Waals surface area contributed by atoms with E-state index in [1.165, 1.54) is 32.1 Å². The predicted molar refractivity (Wildman–Crippen MR) is 67.7 cm³/mol. The van der Waals surface area contributed by atoms with E-state index in [1.54, 1.807) is 6.07 Å². The third kappa shape index (κ3) is 1.99. The maximum absolute atomic E-state index is 10.0. The Morgan fingerprint density at radius 3 is 2.50 bits per heavy atom. The molecule has 1 nitrogen and oxygen atoms in total. The zero-order valence-corrected chi connectivity index (χ0v) is 9.78. The topological polar surface area (TPSA) is 20.2 Å². The number of phenolic OH excluding ortho intramolecular Hbond substituents is 1. The lowest BCUT2D eigenvalue weighted by molar-refractivity contribution is 0.285. The Morgan fingerprint density at radius 1 is 1.19 bits per heavy atom. The highest BCUT2D eigenvalue weighted by Crippen LogP contribution is 2.45. The molecule has 0 amide bonds. The summed E-state index contributed by atoms with van der Waals surface area (Å²) in [6.45, 7) is 3.87. The van der Waals surface area contributed by atoms with Crippen molar-refractivity contribution >= 4 is 0 Å². The monoisotopic (exact) mass is 216 g/mol. The van der Waals surface area contributed by atoms with Crippen LogP contribution in [0.4, 0.5) is 0 Å². The van der Waals surface area contributed by atoms with Gasteiger partial charge in [0, 0.05) is 11.0 Å². The van der Waals surface area contributed by atoms with Gasteiger partial charge >= 0.3 is 0 Å². The van der Waals surface area contributed by atoms with Gasteiger partial charge in [-0.15, -0.1) is 6.58 Å². The van der Waals surface area contributed by atoms with Crippen LogP contribution in [0.25, 0.3) is 0 Å². The summed E-state index contributed by atoms with van der Waals surface area (Å²) in [4.78, 5) is 0. The van der Waals surface area contributed by atoms with Crippen LogP contribution >= 0.6 is 0 Å². The molecule has 86 valence electrons. The Bertz CT molecular complexity index is 361. The average molecular weight is 216 g/mol. The van der Waals surface area contributed by atoms with E-state index in [0.29, 0.717) is 5.75 Å². The summed E-state index contributed by atoms with van der Waals surface area (Å²) in [5.41, 5.74) is 1.26. The zero-order valence-electron chi connectivity index (χ0n) is 9.78. The first-order chi connectivity index (χ1) is 7.78. The van der Waals surface area contributed by atoms with Crippen molar-refractivity contribution in [1.29, 1.82) is 0 Å². The Balaban J connectivity index is 2.38. The van der Waals surface area contributed by atoms with Crippen LogP contribution in [-0.2, 0) is 5.41 Å². The molecule has 0 atom stereocenters. The van der Waals surface area contributed by atoms with Crippen molar-refractivity contribution in [2.45, 2.75) is 43.9 Å². The molecule has 0 aliphatic heterocycles. The van der Waals surface area contributed by atoms with Crippen LogP contribution in [0.3, 0.4) is 0 Å². The van der Waals surface area contributed by atoms with Gasteiger partial charge in [-0.1, -0.05) is 43.5 Å². The fourth-order valence-corrected chi connectivity index (χ4v) is 3.01. The Hall–Kier alpha value is -1.24. The van der Waals surface area contributed by atoms with Gasteiger partial charge in [-0.2, -0.15) is 0 Å². The Morgan fingerprint density at radius 2 is 1.88 bits per heavy atom. The van der Waals surface area contributed by atoms with Crippen molar-refractivity contribution in [3.63, 3.8) is 0 Å². The number of para-hydroxylation sites is 1. The van der Waals surface area contributed by atoms with E-state index in [2.05, 4.69) is 12.6 Å². The average Bonchev–Trinajstić information content (AvgIpc) is 2.31. The molecule has 0 heterocycles. The quantitative estimate of drug-likeness (QED) is 0.752. The van der Waals surface area contributed by atoms with Gasteiger partial charge in [0.1, 0.15) is 5.75 Å². The van der Waals surface area contributed by atoms with E-state index in [9.17, 15) is 5.11 Å². The number of hydrogen-bond acceptors (Lipinski definition) is 1. The standard InChI is InChI=1S/C15H20O/c1-2-10-15(11-6-3-7-12-15)13-8-4-5-9-14(13)16/h2,4-5,8-9,16H,1,3,6-7,10-12H2. The van der Waals surface area contributed by atoms with Crippen LogP contribution in [0.5, 0.6) is 5.75 Å². The van der Waals surface area contributed by atoms with Gasteiger partial charge in [0.15, 0.2) is 0 Å². The molecular formula is C15H20O. The van der Waals surface area contributed by atoms with E-state index in [4.69, 9.17) is 0 Å².